The van der Waals surface area contributed by atoms with Gasteiger partial charge in [-0.25, -0.2) is 0 Å². The maximum absolute atomic E-state index is 12.1. The molecular weight excluding hydrogens is 250 g/mol. The van der Waals surface area contributed by atoms with Crippen LogP contribution in [0.4, 0.5) is 5.69 Å². The Labute approximate surface area is 111 Å². The molecule has 1 saturated heterocycles. The zero-order valence-electron chi connectivity index (χ0n) is 10.0. The zero-order valence-corrected chi connectivity index (χ0v) is 10.8. The van der Waals surface area contributed by atoms with Crippen LogP contribution in [0.5, 0.6) is 0 Å². The monoisotopic (exact) mass is 263 g/mol. The predicted molar refractivity (Wildman–Crippen MR) is 70.3 cm³/mol. The SMILES string of the molecule is CC1CNCC1C(=O)Nc1cc(C#N)ccc1Cl. The number of hydrogen-bond acceptors (Lipinski definition) is 3. The summed E-state index contributed by atoms with van der Waals surface area (Å²) in [5.74, 6) is 0.208. The van der Waals surface area contributed by atoms with Gasteiger partial charge in [0, 0.05) is 6.54 Å². The van der Waals surface area contributed by atoms with Crippen LogP contribution in [0.3, 0.4) is 0 Å². The van der Waals surface area contributed by atoms with E-state index in [0.29, 0.717) is 28.7 Å². The molecular formula is C13H14ClN3O. The fraction of sp³-hybridized carbons (Fsp3) is 0.385. The van der Waals surface area contributed by atoms with Crippen LogP contribution in [0.25, 0.3) is 0 Å². The lowest BCUT2D eigenvalue weighted by atomic mass is 9.97. The molecule has 2 unspecified atom stereocenters. The molecule has 1 fully saturated rings. The summed E-state index contributed by atoms with van der Waals surface area (Å²) in [6, 6.07) is 6.85. The van der Waals surface area contributed by atoms with Gasteiger partial charge in [-0.15, -0.1) is 0 Å². The summed E-state index contributed by atoms with van der Waals surface area (Å²) in [6.07, 6.45) is 0. The number of nitrogens with one attached hydrogen (secondary N) is 2. The number of amides is 1. The average Bonchev–Trinajstić information content (AvgIpc) is 2.78. The van der Waals surface area contributed by atoms with E-state index in [9.17, 15) is 4.79 Å². The van der Waals surface area contributed by atoms with Gasteiger partial charge >= 0.3 is 0 Å². The van der Waals surface area contributed by atoms with Crippen LogP contribution >= 0.6 is 11.6 Å². The lowest BCUT2D eigenvalue weighted by Gasteiger charge is -2.15. The van der Waals surface area contributed by atoms with E-state index in [1.807, 2.05) is 13.0 Å². The summed E-state index contributed by atoms with van der Waals surface area (Å²) in [4.78, 5) is 12.1. The summed E-state index contributed by atoms with van der Waals surface area (Å²) < 4.78 is 0. The van der Waals surface area contributed by atoms with Gasteiger partial charge in [0.2, 0.25) is 5.91 Å². The number of anilines is 1. The molecule has 2 N–H and O–H groups in total. The largest absolute Gasteiger partial charge is 0.324 e. The Balaban J connectivity index is 2.14. The molecule has 0 spiro atoms. The molecule has 1 aliphatic heterocycles. The molecule has 1 heterocycles. The van der Waals surface area contributed by atoms with E-state index in [0.717, 1.165) is 6.54 Å². The molecule has 1 aromatic carbocycles. The van der Waals surface area contributed by atoms with Gasteiger partial charge in [-0.1, -0.05) is 18.5 Å². The van der Waals surface area contributed by atoms with Crippen molar-refractivity contribution in [2.24, 2.45) is 11.8 Å². The van der Waals surface area contributed by atoms with Gasteiger partial charge in [0.1, 0.15) is 0 Å². The molecule has 0 bridgehead atoms. The van der Waals surface area contributed by atoms with Gasteiger partial charge in [0.25, 0.3) is 0 Å². The quantitative estimate of drug-likeness (QED) is 0.858. The van der Waals surface area contributed by atoms with Crippen LogP contribution in [0, 0.1) is 23.2 Å². The van der Waals surface area contributed by atoms with Crippen molar-refractivity contribution in [1.29, 1.82) is 5.26 Å². The highest BCUT2D eigenvalue weighted by molar-refractivity contribution is 6.33. The molecule has 4 nitrogen and oxygen atoms in total. The third kappa shape index (κ3) is 2.63. The number of nitriles is 1. The van der Waals surface area contributed by atoms with Crippen LogP contribution in [-0.4, -0.2) is 19.0 Å². The highest BCUT2D eigenvalue weighted by atomic mass is 35.5. The van der Waals surface area contributed by atoms with Crippen LogP contribution < -0.4 is 10.6 Å². The Morgan fingerprint density at radius 3 is 2.94 bits per heavy atom. The first kappa shape index (κ1) is 12.9. The second-order valence-corrected chi connectivity index (χ2v) is 4.94. The standard InChI is InChI=1S/C13H14ClN3O/c1-8-6-16-7-10(8)13(18)17-12-4-9(5-15)2-3-11(12)14/h2-4,8,10,16H,6-7H2,1H3,(H,17,18). The zero-order chi connectivity index (χ0) is 13.1. The van der Waals surface area contributed by atoms with Crippen molar-refractivity contribution < 1.29 is 4.79 Å². The summed E-state index contributed by atoms with van der Waals surface area (Å²) in [5, 5.41) is 15.2. The van der Waals surface area contributed by atoms with E-state index in [1.54, 1.807) is 18.2 Å². The molecule has 5 heteroatoms. The average molecular weight is 264 g/mol. The van der Waals surface area contributed by atoms with Gasteiger partial charge in [0.05, 0.1) is 28.3 Å². The smallest absolute Gasteiger partial charge is 0.229 e. The lowest BCUT2D eigenvalue weighted by molar-refractivity contribution is -0.120. The van der Waals surface area contributed by atoms with Gasteiger partial charge in [-0.3, -0.25) is 4.79 Å². The fourth-order valence-corrected chi connectivity index (χ4v) is 2.24. The second kappa shape index (κ2) is 5.38. The minimum Gasteiger partial charge on any atom is -0.324 e. The summed E-state index contributed by atoms with van der Waals surface area (Å²) >= 11 is 6.00. The van der Waals surface area contributed by atoms with Crippen molar-refractivity contribution in [3.8, 4) is 6.07 Å². The van der Waals surface area contributed by atoms with Crippen molar-refractivity contribution in [1.82, 2.24) is 5.32 Å². The fourth-order valence-electron chi connectivity index (χ4n) is 2.08. The summed E-state index contributed by atoms with van der Waals surface area (Å²) in [6.45, 7) is 3.57. The number of carbonyl (C=O) groups is 1. The second-order valence-electron chi connectivity index (χ2n) is 4.54. The summed E-state index contributed by atoms with van der Waals surface area (Å²) in [7, 11) is 0. The molecule has 0 saturated carbocycles. The molecule has 94 valence electrons. The molecule has 1 aromatic rings. The maximum atomic E-state index is 12.1. The number of nitrogens with zero attached hydrogens (tertiary/aromatic N) is 1. The van der Waals surface area contributed by atoms with Crippen molar-refractivity contribution in [2.45, 2.75) is 6.92 Å². The normalized spacial score (nSPS) is 22.5. The lowest BCUT2D eigenvalue weighted by Crippen LogP contribution is -2.27. The molecule has 18 heavy (non-hydrogen) atoms. The Hall–Kier alpha value is -1.57. The Kier molecular flexibility index (Phi) is 3.85. The van der Waals surface area contributed by atoms with E-state index in [4.69, 9.17) is 16.9 Å². The van der Waals surface area contributed by atoms with Crippen molar-refractivity contribution in [2.75, 3.05) is 18.4 Å². The van der Waals surface area contributed by atoms with E-state index < -0.39 is 0 Å². The van der Waals surface area contributed by atoms with Crippen molar-refractivity contribution in [3.63, 3.8) is 0 Å². The minimum absolute atomic E-state index is 0.0493. The van der Waals surface area contributed by atoms with Gasteiger partial charge in [0.15, 0.2) is 0 Å². The van der Waals surface area contributed by atoms with Crippen LogP contribution in [0.1, 0.15) is 12.5 Å². The van der Waals surface area contributed by atoms with E-state index in [2.05, 4.69) is 10.6 Å². The molecule has 0 aromatic heterocycles. The first-order chi connectivity index (χ1) is 8.61. The third-order valence-electron chi connectivity index (χ3n) is 3.21. The Morgan fingerprint density at radius 1 is 1.56 bits per heavy atom. The van der Waals surface area contributed by atoms with Crippen molar-refractivity contribution >= 4 is 23.2 Å². The topological polar surface area (TPSA) is 64.9 Å². The first-order valence-corrected chi connectivity index (χ1v) is 6.21. The highest BCUT2D eigenvalue weighted by Gasteiger charge is 2.29. The first-order valence-electron chi connectivity index (χ1n) is 5.83. The highest BCUT2D eigenvalue weighted by Crippen LogP contribution is 2.25. The number of halogens is 1. The number of benzene rings is 1. The van der Waals surface area contributed by atoms with Crippen LogP contribution in [0.2, 0.25) is 5.02 Å². The summed E-state index contributed by atoms with van der Waals surface area (Å²) in [5.41, 5.74) is 0.979. The predicted octanol–water partition coefficient (Wildman–Crippen LogP) is 2.01. The molecule has 0 aliphatic carbocycles. The van der Waals surface area contributed by atoms with Crippen molar-refractivity contribution in [3.05, 3.63) is 28.8 Å². The maximum Gasteiger partial charge on any atom is 0.229 e. The molecule has 1 aliphatic rings. The Bertz CT molecular complexity index is 509. The minimum atomic E-state index is -0.0514. The number of hydrogen-bond donors (Lipinski definition) is 2. The van der Waals surface area contributed by atoms with E-state index >= 15 is 0 Å². The van der Waals surface area contributed by atoms with Gasteiger partial charge < -0.3 is 10.6 Å². The van der Waals surface area contributed by atoms with E-state index in [1.165, 1.54) is 0 Å². The van der Waals surface area contributed by atoms with Crippen LogP contribution in [0.15, 0.2) is 18.2 Å². The third-order valence-corrected chi connectivity index (χ3v) is 3.54. The van der Waals surface area contributed by atoms with Crippen LogP contribution in [-0.2, 0) is 4.79 Å². The Morgan fingerprint density at radius 2 is 2.33 bits per heavy atom. The molecule has 2 atom stereocenters. The molecule has 0 radical (unpaired) electrons. The van der Waals surface area contributed by atoms with Gasteiger partial charge in [-0.2, -0.15) is 5.26 Å². The number of rotatable bonds is 2. The molecule has 2 rings (SSSR count). The number of carbonyl (C=O) groups excluding carboxylic acids is 1. The molecule has 1 amide bonds. The van der Waals surface area contributed by atoms with Gasteiger partial charge in [-0.05, 0) is 30.7 Å². The van der Waals surface area contributed by atoms with E-state index in [-0.39, 0.29) is 11.8 Å².